The van der Waals surface area contributed by atoms with Crippen molar-refractivity contribution in [3.8, 4) is 22.3 Å². The third kappa shape index (κ3) is 2.50. The first kappa shape index (κ1) is 13.0. The second-order valence-electron chi connectivity index (χ2n) is 4.97. The second-order valence-corrected chi connectivity index (χ2v) is 5.47. The highest BCUT2D eigenvalue weighted by Crippen LogP contribution is 2.33. The maximum atomic E-state index is 3.85. The monoisotopic (exact) mass is 277 g/mol. The Kier molecular flexibility index (Phi) is 3.62. The standard InChI is InChI=1S/C19H16S/c1-14-12-17(15-8-4-2-5-9-15)19(20)18(13-14)16-10-6-3-7-11-16/h2-13,20H,1H3/p+1. The third-order valence-corrected chi connectivity index (χ3v) is 3.99. The molecule has 0 heterocycles. The number of hydrogen-bond acceptors (Lipinski definition) is 0. The van der Waals surface area contributed by atoms with E-state index in [0.717, 1.165) is 4.90 Å². The first-order chi connectivity index (χ1) is 9.75. The van der Waals surface area contributed by atoms with Crippen LogP contribution >= 0.6 is 0 Å². The van der Waals surface area contributed by atoms with E-state index in [1.807, 2.05) is 12.1 Å². The topological polar surface area (TPSA) is 0 Å². The Morgan fingerprint density at radius 2 is 1.05 bits per heavy atom. The van der Waals surface area contributed by atoms with Gasteiger partial charge >= 0.3 is 0 Å². The molecule has 0 unspecified atom stereocenters. The number of aryl methyl sites for hydroxylation is 1. The summed E-state index contributed by atoms with van der Waals surface area (Å²) in [4.78, 5) is 1.15. The van der Waals surface area contributed by atoms with E-state index < -0.39 is 0 Å². The van der Waals surface area contributed by atoms with E-state index in [-0.39, 0.29) is 0 Å². The summed E-state index contributed by atoms with van der Waals surface area (Å²) in [6.07, 6.45) is 0. The van der Waals surface area contributed by atoms with Crippen LogP contribution in [0.1, 0.15) is 5.56 Å². The van der Waals surface area contributed by atoms with Crippen LogP contribution in [-0.4, -0.2) is 0 Å². The van der Waals surface area contributed by atoms with E-state index in [0.29, 0.717) is 0 Å². The van der Waals surface area contributed by atoms with Crippen LogP contribution in [0.4, 0.5) is 0 Å². The summed E-state index contributed by atoms with van der Waals surface area (Å²) in [7, 11) is 0. The van der Waals surface area contributed by atoms with Crippen molar-refractivity contribution in [3.05, 3.63) is 78.4 Å². The molecule has 0 fully saturated rings. The Morgan fingerprint density at radius 1 is 0.650 bits per heavy atom. The van der Waals surface area contributed by atoms with Gasteiger partial charge in [0.1, 0.15) is 0 Å². The quantitative estimate of drug-likeness (QED) is 0.596. The Hall–Kier alpha value is -1.99. The lowest BCUT2D eigenvalue weighted by atomic mass is 9.96. The van der Waals surface area contributed by atoms with E-state index in [1.54, 1.807) is 0 Å². The summed E-state index contributed by atoms with van der Waals surface area (Å²) in [5.74, 6) is 0. The molecule has 0 aromatic heterocycles. The molecule has 0 aliphatic rings. The molecule has 0 radical (unpaired) electrons. The molecule has 3 aromatic carbocycles. The average molecular weight is 277 g/mol. The Balaban J connectivity index is 2.22. The lowest BCUT2D eigenvalue weighted by molar-refractivity contribution is 1.37. The summed E-state index contributed by atoms with van der Waals surface area (Å²) in [5, 5.41) is 0. The van der Waals surface area contributed by atoms with Gasteiger partial charge in [-0.2, -0.15) is 0 Å². The molecule has 0 bridgehead atoms. The van der Waals surface area contributed by atoms with Crippen molar-refractivity contribution in [2.75, 3.05) is 0 Å². The van der Waals surface area contributed by atoms with Gasteiger partial charge in [0.05, 0.1) is 0 Å². The molecular formula is C19H17S+. The van der Waals surface area contributed by atoms with Gasteiger partial charge in [-0.3, -0.25) is 0 Å². The Bertz CT molecular complexity index is 655. The van der Waals surface area contributed by atoms with Gasteiger partial charge in [0.25, 0.3) is 0 Å². The number of hydrogen-bond donors (Lipinski definition) is 0. The van der Waals surface area contributed by atoms with Crippen LogP contribution in [0.25, 0.3) is 22.3 Å². The summed E-state index contributed by atoms with van der Waals surface area (Å²) in [5.41, 5.74) is 6.21. The molecule has 98 valence electrons. The van der Waals surface area contributed by atoms with E-state index in [9.17, 15) is 0 Å². The molecule has 20 heavy (non-hydrogen) atoms. The van der Waals surface area contributed by atoms with Crippen LogP contribution in [0.3, 0.4) is 0 Å². The molecule has 0 aliphatic heterocycles. The van der Waals surface area contributed by atoms with Crippen molar-refractivity contribution in [1.82, 2.24) is 0 Å². The molecule has 0 amide bonds. The predicted octanol–water partition coefficient (Wildman–Crippen LogP) is 4.70. The smallest absolute Gasteiger partial charge is 0.0622 e. The van der Waals surface area contributed by atoms with Crippen molar-refractivity contribution in [1.29, 1.82) is 0 Å². The lowest BCUT2D eigenvalue weighted by Gasteiger charge is -2.09. The van der Waals surface area contributed by atoms with E-state index >= 15 is 0 Å². The van der Waals surface area contributed by atoms with Gasteiger partial charge in [-0.25, -0.2) is 0 Å². The minimum Gasteiger partial charge on any atom is -0.0622 e. The molecular weight excluding hydrogens is 260 g/mol. The van der Waals surface area contributed by atoms with Crippen molar-refractivity contribution in [3.63, 3.8) is 0 Å². The minimum absolute atomic E-state index is 1.15. The third-order valence-electron chi connectivity index (χ3n) is 3.45. The van der Waals surface area contributed by atoms with Crippen molar-refractivity contribution < 1.29 is 0 Å². The zero-order chi connectivity index (χ0) is 13.9. The van der Waals surface area contributed by atoms with Crippen LogP contribution in [-0.2, 0) is 12.6 Å². The lowest BCUT2D eigenvalue weighted by Crippen LogP contribution is -1.90. The van der Waals surface area contributed by atoms with Gasteiger partial charge in [0.15, 0.2) is 4.90 Å². The molecule has 3 rings (SSSR count). The fraction of sp³-hybridized carbons (Fsp3) is 0.0526. The molecule has 0 nitrogen and oxygen atoms in total. The van der Waals surface area contributed by atoms with Crippen molar-refractivity contribution in [2.45, 2.75) is 11.8 Å². The molecule has 0 N–H and O–H groups in total. The molecule has 1 heteroatoms. The summed E-state index contributed by atoms with van der Waals surface area (Å²) in [6, 6.07) is 25.4. The second kappa shape index (κ2) is 5.56. The first-order valence-electron chi connectivity index (χ1n) is 6.73. The first-order valence-corrected chi connectivity index (χ1v) is 7.23. The van der Waals surface area contributed by atoms with Crippen LogP contribution in [0, 0.1) is 6.92 Å². The maximum absolute atomic E-state index is 3.85. The molecule has 0 aliphatic carbocycles. The summed E-state index contributed by atoms with van der Waals surface area (Å²) in [6.45, 7) is 2.14. The average Bonchev–Trinajstić information content (AvgIpc) is 2.51. The van der Waals surface area contributed by atoms with E-state index in [2.05, 4.69) is 80.2 Å². The Labute approximate surface area is 125 Å². The van der Waals surface area contributed by atoms with Gasteiger partial charge in [0.2, 0.25) is 0 Å². The molecule has 0 atom stereocenters. The maximum Gasteiger partial charge on any atom is 0.165 e. The summed E-state index contributed by atoms with van der Waals surface area (Å²) >= 11 is 3.85. The minimum atomic E-state index is 1.15. The van der Waals surface area contributed by atoms with Gasteiger partial charge in [-0.1, -0.05) is 60.7 Å². The summed E-state index contributed by atoms with van der Waals surface area (Å²) < 4.78 is 0. The van der Waals surface area contributed by atoms with Gasteiger partial charge in [-0.05, 0) is 48.4 Å². The van der Waals surface area contributed by atoms with Crippen LogP contribution in [0.15, 0.2) is 77.7 Å². The highest BCUT2D eigenvalue weighted by molar-refractivity contribution is 7.59. The van der Waals surface area contributed by atoms with Gasteiger partial charge in [-0.15, -0.1) is 0 Å². The highest BCUT2D eigenvalue weighted by atomic mass is 32.1. The molecule has 0 saturated carbocycles. The number of rotatable bonds is 2. The molecule has 3 aromatic rings. The zero-order valence-corrected chi connectivity index (χ0v) is 12.4. The molecule has 0 spiro atoms. The van der Waals surface area contributed by atoms with Crippen LogP contribution in [0.5, 0.6) is 0 Å². The normalized spacial score (nSPS) is 10.5. The zero-order valence-electron chi connectivity index (χ0n) is 11.4. The van der Waals surface area contributed by atoms with Crippen LogP contribution in [0.2, 0.25) is 0 Å². The van der Waals surface area contributed by atoms with Crippen molar-refractivity contribution in [2.24, 2.45) is 0 Å². The molecule has 0 saturated heterocycles. The fourth-order valence-electron chi connectivity index (χ4n) is 2.48. The predicted molar refractivity (Wildman–Crippen MR) is 90.5 cm³/mol. The van der Waals surface area contributed by atoms with Crippen molar-refractivity contribution >= 4 is 12.6 Å². The van der Waals surface area contributed by atoms with Gasteiger partial charge < -0.3 is 0 Å². The largest absolute Gasteiger partial charge is 0.165 e. The van der Waals surface area contributed by atoms with Crippen LogP contribution < -0.4 is 0 Å². The van der Waals surface area contributed by atoms with E-state index in [4.69, 9.17) is 0 Å². The van der Waals surface area contributed by atoms with E-state index in [1.165, 1.54) is 27.8 Å². The SMILES string of the molecule is Cc1cc(-c2ccccc2)c([SH2+])c(-c2ccccc2)c1. The van der Waals surface area contributed by atoms with Gasteiger partial charge in [0, 0.05) is 11.1 Å². The fourth-order valence-corrected chi connectivity index (χ4v) is 2.91. The Morgan fingerprint density at radius 3 is 1.45 bits per heavy atom. The number of benzene rings is 3. The highest BCUT2D eigenvalue weighted by Gasteiger charge is 2.14.